The lowest BCUT2D eigenvalue weighted by atomic mass is 10.1. The van der Waals surface area contributed by atoms with Crippen LogP contribution in [0.5, 0.6) is 0 Å². The second-order valence-electron chi connectivity index (χ2n) is 3.89. The number of benzene rings is 2. The van der Waals surface area contributed by atoms with Crippen LogP contribution in [0.25, 0.3) is 0 Å². The van der Waals surface area contributed by atoms with Crippen LogP contribution in [0.4, 0.5) is 5.69 Å². The van der Waals surface area contributed by atoms with Crippen LogP contribution in [-0.2, 0) is 5.88 Å². The Balaban J connectivity index is 2.18. The van der Waals surface area contributed by atoms with Gasteiger partial charge in [0.15, 0.2) is 0 Å². The largest absolute Gasteiger partial charge is 0.321 e. The van der Waals surface area contributed by atoms with Crippen LogP contribution in [0.3, 0.4) is 0 Å². The van der Waals surface area contributed by atoms with Crippen molar-refractivity contribution < 1.29 is 4.79 Å². The highest BCUT2D eigenvalue weighted by Crippen LogP contribution is 2.30. The molecular weight excluding hydrogens is 349 g/mol. The van der Waals surface area contributed by atoms with E-state index in [1.807, 2.05) is 12.1 Å². The molecule has 2 aromatic rings. The molecule has 0 aromatic heterocycles. The lowest BCUT2D eigenvalue weighted by Crippen LogP contribution is -2.12. The third-order valence-corrected chi connectivity index (χ3v) is 4.28. The molecule has 98 valence electrons. The van der Waals surface area contributed by atoms with Gasteiger partial charge in [-0.1, -0.05) is 29.8 Å². The maximum absolute atomic E-state index is 12.1. The van der Waals surface area contributed by atoms with E-state index in [0.29, 0.717) is 26.6 Å². The summed E-state index contributed by atoms with van der Waals surface area (Å²) in [6.45, 7) is 0. The maximum Gasteiger partial charge on any atom is 0.255 e. The van der Waals surface area contributed by atoms with Gasteiger partial charge in [0.05, 0.1) is 15.2 Å². The van der Waals surface area contributed by atoms with Crippen LogP contribution in [0.1, 0.15) is 15.9 Å². The number of amides is 1. The standard InChI is InChI=1S/C14H10BrCl2NO/c15-13-11(17)2-1-3-12(13)18-14(19)10-6-4-9(8-16)5-7-10/h1-7H,8H2,(H,18,19). The molecule has 2 nitrogen and oxygen atoms in total. The van der Waals surface area contributed by atoms with Crippen LogP contribution in [0, 0.1) is 0 Å². The Morgan fingerprint density at radius 1 is 1.16 bits per heavy atom. The molecule has 0 heterocycles. The molecule has 0 bridgehead atoms. The fourth-order valence-electron chi connectivity index (χ4n) is 1.54. The zero-order chi connectivity index (χ0) is 13.8. The molecule has 0 radical (unpaired) electrons. The molecule has 0 unspecified atom stereocenters. The van der Waals surface area contributed by atoms with Crippen LogP contribution in [-0.4, -0.2) is 5.91 Å². The molecule has 0 aliphatic carbocycles. The Morgan fingerprint density at radius 2 is 1.84 bits per heavy atom. The fourth-order valence-corrected chi connectivity index (χ4v) is 2.26. The zero-order valence-corrected chi connectivity index (χ0v) is 12.9. The lowest BCUT2D eigenvalue weighted by molar-refractivity contribution is 0.102. The van der Waals surface area contributed by atoms with Crippen LogP contribution in [0.2, 0.25) is 5.02 Å². The van der Waals surface area contributed by atoms with E-state index >= 15 is 0 Å². The lowest BCUT2D eigenvalue weighted by Gasteiger charge is -2.08. The van der Waals surface area contributed by atoms with Crippen molar-refractivity contribution in [1.29, 1.82) is 0 Å². The van der Waals surface area contributed by atoms with Crippen LogP contribution in [0.15, 0.2) is 46.9 Å². The smallest absolute Gasteiger partial charge is 0.255 e. The molecule has 0 saturated heterocycles. The molecule has 0 spiro atoms. The Hall–Kier alpha value is -1.03. The molecule has 19 heavy (non-hydrogen) atoms. The monoisotopic (exact) mass is 357 g/mol. The summed E-state index contributed by atoms with van der Waals surface area (Å²) in [5.41, 5.74) is 2.18. The molecule has 0 atom stereocenters. The van der Waals surface area contributed by atoms with E-state index in [0.717, 1.165) is 5.56 Å². The van der Waals surface area contributed by atoms with Crippen LogP contribution < -0.4 is 5.32 Å². The number of carbonyl (C=O) groups excluding carboxylic acids is 1. The van der Waals surface area contributed by atoms with Crippen molar-refractivity contribution in [3.63, 3.8) is 0 Å². The first-order chi connectivity index (χ1) is 9.11. The van der Waals surface area contributed by atoms with Gasteiger partial charge in [0.25, 0.3) is 5.91 Å². The number of nitrogens with one attached hydrogen (secondary N) is 1. The molecular formula is C14H10BrCl2NO. The summed E-state index contributed by atoms with van der Waals surface area (Å²) in [5, 5.41) is 3.35. The highest BCUT2D eigenvalue weighted by Gasteiger charge is 2.09. The van der Waals surface area contributed by atoms with Gasteiger partial charge in [-0.3, -0.25) is 4.79 Å². The minimum Gasteiger partial charge on any atom is -0.321 e. The van der Waals surface area contributed by atoms with Crippen molar-refractivity contribution in [2.24, 2.45) is 0 Å². The van der Waals surface area contributed by atoms with Crippen molar-refractivity contribution in [3.8, 4) is 0 Å². The number of hydrogen-bond donors (Lipinski definition) is 1. The molecule has 0 aliphatic rings. The normalized spacial score (nSPS) is 10.3. The number of rotatable bonds is 3. The molecule has 2 rings (SSSR count). The van der Waals surface area contributed by atoms with Gasteiger partial charge in [-0.2, -0.15) is 0 Å². The summed E-state index contributed by atoms with van der Waals surface area (Å²) in [4.78, 5) is 12.1. The number of carbonyl (C=O) groups is 1. The highest BCUT2D eigenvalue weighted by molar-refractivity contribution is 9.10. The molecule has 1 amide bonds. The quantitative estimate of drug-likeness (QED) is 0.760. The van der Waals surface area contributed by atoms with Gasteiger partial charge in [-0.15, -0.1) is 11.6 Å². The van der Waals surface area contributed by atoms with E-state index in [9.17, 15) is 4.79 Å². The van der Waals surface area contributed by atoms with E-state index in [4.69, 9.17) is 23.2 Å². The van der Waals surface area contributed by atoms with Gasteiger partial charge in [0, 0.05) is 11.4 Å². The second kappa shape index (κ2) is 6.42. The third-order valence-electron chi connectivity index (χ3n) is 2.57. The minimum atomic E-state index is -0.191. The Morgan fingerprint density at radius 3 is 2.47 bits per heavy atom. The van der Waals surface area contributed by atoms with Gasteiger partial charge in [-0.05, 0) is 45.8 Å². The number of hydrogen-bond acceptors (Lipinski definition) is 1. The first kappa shape index (κ1) is 14.4. The first-order valence-corrected chi connectivity index (χ1v) is 7.22. The summed E-state index contributed by atoms with van der Waals surface area (Å²) in [6, 6.07) is 12.4. The number of halogens is 3. The van der Waals surface area contributed by atoms with Crippen molar-refractivity contribution in [2.45, 2.75) is 5.88 Å². The maximum atomic E-state index is 12.1. The van der Waals surface area contributed by atoms with E-state index in [2.05, 4.69) is 21.2 Å². The first-order valence-electron chi connectivity index (χ1n) is 5.52. The van der Waals surface area contributed by atoms with Gasteiger partial charge in [0.1, 0.15) is 0 Å². The van der Waals surface area contributed by atoms with Crippen LogP contribution >= 0.6 is 39.1 Å². The molecule has 0 saturated carbocycles. The topological polar surface area (TPSA) is 29.1 Å². The summed E-state index contributed by atoms with van der Waals surface area (Å²) >= 11 is 15.0. The highest BCUT2D eigenvalue weighted by atomic mass is 79.9. The number of alkyl halides is 1. The third kappa shape index (κ3) is 3.50. The van der Waals surface area contributed by atoms with Crippen molar-refractivity contribution in [3.05, 3.63) is 63.1 Å². The van der Waals surface area contributed by atoms with E-state index < -0.39 is 0 Å². The Bertz CT molecular complexity index is 599. The molecule has 0 aliphatic heterocycles. The van der Waals surface area contributed by atoms with E-state index in [-0.39, 0.29) is 5.91 Å². The van der Waals surface area contributed by atoms with Gasteiger partial charge < -0.3 is 5.32 Å². The van der Waals surface area contributed by atoms with Crippen molar-refractivity contribution >= 4 is 50.7 Å². The fraction of sp³-hybridized carbons (Fsp3) is 0.0714. The second-order valence-corrected chi connectivity index (χ2v) is 5.35. The average Bonchev–Trinajstić information content (AvgIpc) is 2.44. The molecule has 2 aromatic carbocycles. The summed E-state index contributed by atoms with van der Waals surface area (Å²) in [5.74, 6) is 0.242. The average molecular weight is 359 g/mol. The predicted octanol–water partition coefficient (Wildman–Crippen LogP) is 5.09. The summed E-state index contributed by atoms with van der Waals surface area (Å²) in [6.07, 6.45) is 0. The SMILES string of the molecule is O=C(Nc1cccc(Cl)c1Br)c1ccc(CCl)cc1. The number of anilines is 1. The van der Waals surface area contributed by atoms with E-state index in [1.54, 1.807) is 30.3 Å². The van der Waals surface area contributed by atoms with Gasteiger partial charge in [-0.25, -0.2) is 0 Å². The molecule has 1 N–H and O–H groups in total. The summed E-state index contributed by atoms with van der Waals surface area (Å²) in [7, 11) is 0. The Labute approximate surface area is 129 Å². The van der Waals surface area contributed by atoms with Gasteiger partial charge >= 0.3 is 0 Å². The van der Waals surface area contributed by atoms with Crippen molar-refractivity contribution in [2.75, 3.05) is 5.32 Å². The Kier molecular flexibility index (Phi) is 4.86. The predicted molar refractivity (Wildman–Crippen MR) is 83.1 cm³/mol. The minimum absolute atomic E-state index is 0.191. The van der Waals surface area contributed by atoms with Crippen molar-refractivity contribution in [1.82, 2.24) is 0 Å². The molecule has 5 heteroatoms. The zero-order valence-electron chi connectivity index (χ0n) is 9.79. The van der Waals surface area contributed by atoms with E-state index in [1.165, 1.54) is 0 Å². The summed E-state index contributed by atoms with van der Waals surface area (Å²) < 4.78 is 0.669. The van der Waals surface area contributed by atoms with Gasteiger partial charge in [0.2, 0.25) is 0 Å². The molecule has 0 fully saturated rings.